The number of hydrogen-bond donors (Lipinski definition) is 1. The van der Waals surface area contributed by atoms with Gasteiger partial charge in [0.1, 0.15) is 11.5 Å². The molecule has 6 heteroatoms. The van der Waals surface area contributed by atoms with Crippen LogP contribution in [0.4, 0.5) is 13.2 Å². The smallest absolute Gasteiger partial charge is 0.393 e. The predicted molar refractivity (Wildman–Crippen MR) is 56.3 cm³/mol. The first-order chi connectivity index (χ1) is 7.73. The largest absolute Gasteiger partial charge is 0.433 e. The van der Waals surface area contributed by atoms with Gasteiger partial charge in [-0.1, -0.05) is 13.8 Å². The first kappa shape index (κ1) is 13.9. The minimum atomic E-state index is -4.49. The highest BCUT2D eigenvalue weighted by Crippen LogP contribution is 2.30. The molecule has 0 saturated carbocycles. The first-order valence-electron chi connectivity index (χ1n) is 5.31. The van der Waals surface area contributed by atoms with E-state index in [2.05, 4.69) is 9.97 Å². The quantitative estimate of drug-likeness (QED) is 0.894. The molecule has 2 atom stereocenters. The van der Waals surface area contributed by atoms with Crippen LogP contribution in [0.15, 0.2) is 12.3 Å². The van der Waals surface area contributed by atoms with Crippen LogP contribution in [0.1, 0.15) is 38.2 Å². The van der Waals surface area contributed by atoms with Crippen molar-refractivity contribution in [1.82, 2.24) is 9.97 Å². The lowest BCUT2D eigenvalue weighted by Gasteiger charge is -2.22. The molecule has 1 heterocycles. The van der Waals surface area contributed by atoms with Crippen molar-refractivity contribution in [3.05, 3.63) is 23.8 Å². The van der Waals surface area contributed by atoms with E-state index in [-0.39, 0.29) is 11.7 Å². The van der Waals surface area contributed by atoms with Gasteiger partial charge in [0.25, 0.3) is 0 Å². The van der Waals surface area contributed by atoms with E-state index in [1.165, 1.54) is 6.92 Å². The van der Waals surface area contributed by atoms with Crippen LogP contribution in [0.25, 0.3) is 0 Å². The molecule has 0 radical (unpaired) electrons. The second-order valence-electron chi connectivity index (χ2n) is 4.31. The first-order valence-corrected chi connectivity index (χ1v) is 5.31. The number of rotatable bonds is 3. The Hall–Kier alpha value is -1.17. The van der Waals surface area contributed by atoms with Crippen molar-refractivity contribution in [2.75, 3.05) is 0 Å². The van der Waals surface area contributed by atoms with Crippen LogP contribution in [-0.2, 0) is 6.18 Å². The zero-order valence-electron chi connectivity index (χ0n) is 9.86. The van der Waals surface area contributed by atoms with Crippen molar-refractivity contribution in [2.45, 2.75) is 39.0 Å². The minimum Gasteiger partial charge on any atom is -0.393 e. The molecule has 0 amide bonds. The molecule has 1 aromatic rings. The number of aliphatic hydroxyl groups is 1. The fourth-order valence-electron chi connectivity index (χ4n) is 1.76. The average molecular weight is 248 g/mol. The van der Waals surface area contributed by atoms with E-state index in [9.17, 15) is 18.3 Å². The summed E-state index contributed by atoms with van der Waals surface area (Å²) in [6.07, 6.45) is -4.21. The van der Waals surface area contributed by atoms with Crippen molar-refractivity contribution in [2.24, 2.45) is 5.92 Å². The molecule has 3 nitrogen and oxygen atoms in total. The van der Waals surface area contributed by atoms with Gasteiger partial charge < -0.3 is 5.11 Å². The lowest BCUT2D eigenvalue weighted by atomic mass is 9.90. The second-order valence-corrected chi connectivity index (χ2v) is 4.31. The highest BCUT2D eigenvalue weighted by Gasteiger charge is 2.34. The van der Waals surface area contributed by atoms with E-state index in [4.69, 9.17) is 0 Å². The Morgan fingerprint density at radius 1 is 1.24 bits per heavy atom. The fraction of sp³-hybridized carbons (Fsp3) is 0.636. The molecule has 0 spiro atoms. The highest BCUT2D eigenvalue weighted by molar-refractivity contribution is 5.10. The van der Waals surface area contributed by atoms with Crippen LogP contribution in [0.5, 0.6) is 0 Å². The van der Waals surface area contributed by atoms with Gasteiger partial charge in [-0.25, -0.2) is 9.97 Å². The van der Waals surface area contributed by atoms with Gasteiger partial charge in [0, 0.05) is 12.1 Å². The molecule has 0 saturated heterocycles. The zero-order valence-corrected chi connectivity index (χ0v) is 9.86. The van der Waals surface area contributed by atoms with Crippen molar-refractivity contribution >= 4 is 0 Å². The monoisotopic (exact) mass is 248 g/mol. The molecule has 1 rings (SSSR count). The fourth-order valence-corrected chi connectivity index (χ4v) is 1.76. The Labute approximate surface area is 97.7 Å². The summed E-state index contributed by atoms with van der Waals surface area (Å²) in [6.45, 7) is 5.14. The van der Waals surface area contributed by atoms with Gasteiger partial charge in [-0.2, -0.15) is 13.2 Å². The molecule has 0 bridgehead atoms. The van der Waals surface area contributed by atoms with Gasteiger partial charge in [-0.3, -0.25) is 0 Å². The van der Waals surface area contributed by atoms with E-state index < -0.39 is 23.9 Å². The van der Waals surface area contributed by atoms with Crippen LogP contribution in [-0.4, -0.2) is 21.2 Å². The van der Waals surface area contributed by atoms with Crippen molar-refractivity contribution in [3.63, 3.8) is 0 Å². The average Bonchev–Trinajstić information content (AvgIpc) is 2.15. The molecule has 1 N–H and O–H groups in total. The van der Waals surface area contributed by atoms with E-state index >= 15 is 0 Å². The predicted octanol–water partition coefficient (Wildman–Crippen LogP) is 2.62. The Morgan fingerprint density at radius 2 is 1.82 bits per heavy atom. The third-order valence-corrected chi connectivity index (χ3v) is 2.50. The SMILES string of the molecule is CC(C)C(c1nccc(C(F)(F)F)n1)C(C)O. The van der Waals surface area contributed by atoms with Crippen molar-refractivity contribution in [1.29, 1.82) is 0 Å². The standard InChI is InChI=1S/C11H15F3N2O/c1-6(2)9(7(3)17)10-15-5-4-8(16-10)11(12,13)14/h4-7,9,17H,1-3H3. The molecular weight excluding hydrogens is 233 g/mol. The third kappa shape index (κ3) is 3.39. The number of halogens is 3. The second kappa shape index (κ2) is 5.00. The lowest BCUT2D eigenvalue weighted by molar-refractivity contribution is -0.141. The van der Waals surface area contributed by atoms with Crippen LogP contribution < -0.4 is 0 Å². The maximum atomic E-state index is 12.5. The summed E-state index contributed by atoms with van der Waals surface area (Å²) < 4.78 is 37.4. The van der Waals surface area contributed by atoms with Crippen molar-refractivity contribution in [3.8, 4) is 0 Å². The maximum absolute atomic E-state index is 12.5. The molecule has 2 unspecified atom stereocenters. The van der Waals surface area contributed by atoms with E-state index in [1.54, 1.807) is 13.8 Å². The summed E-state index contributed by atoms with van der Waals surface area (Å²) in [4.78, 5) is 7.32. The molecule has 96 valence electrons. The van der Waals surface area contributed by atoms with Gasteiger partial charge in [0.15, 0.2) is 0 Å². The Bertz CT molecular complexity index is 369. The van der Waals surface area contributed by atoms with Crippen LogP contribution in [0.2, 0.25) is 0 Å². The summed E-state index contributed by atoms with van der Waals surface area (Å²) >= 11 is 0. The molecule has 0 aliphatic carbocycles. The molecule has 0 aliphatic rings. The molecular formula is C11H15F3N2O. The van der Waals surface area contributed by atoms with E-state index in [0.29, 0.717) is 0 Å². The number of nitrogens with zero attached hydrogens (tertiary/aromatic N) is 2. The highest BCUT2D eigenvalue weighted by atomic mass is 19.4. The minimum absolute atomic E-state index is 0.0322. The molecule has 0 fully saturated rings. The number of aliphatic hydroxyl groups excluding tert-OH is 1. The summed E-state index contributed by atoms with van der Waals surface area (Å²) in [5.41, 5.74) is -0.978. The molecule has 1 aromatic heterocycles. The topological polar surface area (TPSA) is 46.0 Å². The van der Waals surface area contributed by atoms with Crippen LogP contribution >= 0.6 is 0 Å². The van der Waals surface area contributed by atoms with Crippen LogP contribution in [0.3, 0.4) is 0 Å². The normalized spacial score (nSPS) is 16.0. The lowest BCUT2D eigenvalue weighted by Crippen LogP contribution is -2.23. The summed E-state index contributed by atoms with van der Waals surface area (Å²) in [6, 6.07) is 0.822. The number of aromatic nitrogens is 2. The van der Waals surface area contributed by atoms with Crippen molar-refractivity contribution < 1.29 is 18.3 Å². The van der Waals surface area contributed by atoms with Gasteiger partial charge in [0.2, 0.25) is 0 Å². The summed E-state index contributed by atoms with van der Waals surface area (Å²) in [7, 11) is 0. The van der Waals surface area contributed by atoms with E-state index in [0.717, 1.165) is 12.3 Å². The van der Waals surface area contributed by atoms with Gasteiger partial charge >= 0.3 is 6.18 Å². The maximum Gasteiger partial charge on any atom is 0.433 e. The van der Waals surface area contributed by atoms with Crippen LogP contribution in [0, 0.1) is 5.92 Å². The zero-order chi connectivity index (χ0) is 13.2. The number of alkyl halides is 3. The number of hydrogen-bond acceptors (Lipinski definition) is 3. The van der Waals surface area contributed by atoms with Gasteiger partial charge in [-0.05, 0) is 18.9 Å². The Kier molecular flexibility index (Phi) is 4.08. The van der Waals surface area contributed by atoms with Gasteiger partial charge in [-0.15, -0.1) is 0 Å². The Balaban J connectivity index is 3.14. The molecule has 0 aliphatic heterocycles. The molecule has 0 aromatic carbocycles. The summed E-state index contributed by atoms with van der Waals surface area (Å²) in [5, 5.41) is 9.57. The van der Waals surface area contributed by atoms with Gasteiger partial charge in [0.05, 0.1) is 6.10 Å². The molecule has 17 heavy (non-hydrogen) atoms. The third-order valence-electron chi connectivity index (χ3n) is 2.50. The summed E-state index contributed by atoms with van der Waals surface area (Å²) in [5.74, 6) is -0.513. The Morgan fingerprint density at radius 3 is 2.24 bits per heavy atom. The van der Waals surface area contributed by atoms with E-state index in [1.807, 2.05) is 0 Å².